The fraction of sp³-hybridized carbons (Fsp3) is 0.160. The number of nitrogens with zero attached hydrogens (tertiary/aromatic N) is 1. The maximum Gasteiger partial charge on any atom is 0.153 e. The summed E-state index contributed by atoms with van der Waals surface area (Å²) >= 11 is 4.39. The van der Waals surface area contributed by atoms with Crippen molar-refractivity contribution in [2.75, 3.05) is 6.61 Å². The predicted octanol–water partition coefficient (Wildman–Crippen LogP) is 6.55. The number of rotatable bonds is 5. The van der Waals surface area contributed by atoms with Gasteiger partial charge in [-0.25, -0.2) is 8.78 Å². The molecular formula is C25H17F2NOS. The molecule has 0 spiro atoms. The number of ether oxygens (including phenoxy) is 1. The standard InChI is InChI=1S/C25H17F2NOS/c26-23-13-19(14-24(27)25(23)28-16-30)4-1-17-5-7-20(8-6-17)21-9-11-22(12-10-21)29-15-18-2-3-18/h5-14,18H,2-3,15H2. The Hall–Kier alpha value is -3.32. The summed E-state index contributed by atoms with van der Waals surface area (Å²) in [7, 11) is 0. The molecule has 3 aromatic rings. The fourth-order valence-corrected chi connectivity index (χ4v) is 3.01. The van der Waals surface area contributed by atoms with Crippen LogP contribution in [-0.2, 0) is 0 Å². The largest absolute Gasteiger partial charge is 0.493 e. The minimum atomic E-state index is -0.823. The molecule has 0 N–H and O–H groups in total. The molecule has 0 bridgehead atoms. The van der Waals surface area contributed by atoms with Crippen molar-refractivity contribution < 1.29 is 13.5 Å². The Morgan fingerprint density at radius 2 is 1.43 bits per heavy atom. The summed E-state index contributed by atoms with van der Waals surface area (Å²) in [6, 6.07) is 17.9. The highest BCUT2D eigenvalue weighted by Crippen LogP contribution is 2.30. The van der Waals surface area contributed by atoms with Crippen molar-refractivity contribution in [3.63, 3.8) is 0 Å². The van der Waals surface area contributed by atoms with Gasteiger partial charge in [0.2, 0.25) is 0 Å². The van der Waals surface area contributed by atoms with Crippen LogP contribution in [0.2, 0.25) is 0 Å². The van der Waals surface area contributed by atoms with E-state index in [0.29, 0.717) is 0 Å². The smallest absolute Gasteiger partial charge is 0.153 e. The Bertz CT molecular complexity index is 1140. The summed E-state index contributed by atoms with van der Waals surface area (Å²) in [5.74, 6) is 5.65. The number of thiocarbonyl (C=S) groups is 1. The van der Waals surface area contributed by atoms with E-state index in [0.717, 1.165) is 47.1 Å². The summed E-state index contributed by atoms with van der Waals surface area (Å²) in [4.78, 5) is 3.39. The Morgan fingerprint density at radius 1 is 0.867 bits per heavy atom. The molecule has 0 atom stereocenters. The predicted molar refractivity (Wildman–Crippen MR) is 117 cm³/mol. The number of benzene rings is 3. The Kier molecular flexibility index (Phi) is 5.99. The van der Waals surface area contributed by atoms with Crippen LogP contribution in [0.15, 0.2) is 65.7 Å². The third-order valence-corrected chi connectivity index (χ3v) is 4.87. The average molecular weight is 417 g/mol. The summed E-state index contributed by atoms with van der Waals surface area (Å²) in [6.07, 6.45) is 2.54. The van der Waals surface area contributed by atoms with Gasteiger partial charge in [0.25, 0.3) is 0 Å². The maximum atomic E-state index is 13.9. The lowest BCUT2D eigenvalue weighted by atomic mass is 10.0. The second kappa shape index (κ2) is 9.00. The van der Waals surface area contributed by atoms with E-state index in [1.165, 1.54) is 12.8 Å². The molecule has 1 saturated carbocycles. The maximum absolute atomic E-state index is 13.9. The second-order valence-electron chi connectivity index (χ2n) is 7.10. The summed E-state index contributed by atoms with van der Waals surface area (Å²) in [6.45, 7) is 0.794. The number of aliphatic imine (C=N–C) groups is 1. The van der Waals surface area contributed by atoms with Crippen LogP contribution in [0.4, 0.5) is 14.5 Å². The molecule has 0 heterocycles. The van der Waals surface area contributed by atoms with Gasteiger partial charge in [-0.2, -0.15) is 4.99 Å². The van der Waals surface area contributed by atoms with Gasteiger partial charge in [-0.3, -0.25) is 0 Å². The normalized spacial score (nSPS) is 12.5. The summed E-state index contributed by atoms with van der Waals surface area (Å²) in [5.41, 5.74) is 2.63. The van der Waals surface area contributed by atoms with Gasteiger partial charge in [0.1, 0.15) is 11.4 Å². The third kappa shape index (κ3) is 4.99. The average Bonchev–Trinajstić information content (AvgIpc) is 3.59. The summed E-state index contributed by atoms with van der Waals surface area (Å²) < 4.78 is 33.5. The minimum absolute atomic E-state index is 0.221. The highest BCUT2D eigenvalue weighted by atomic mass is 32.1. The van der Waals surface area contributed by atoms with Gasteiger partial charge >= 0.3 is 0 Å². The van der Waals surface area contributed by atoms with E-state index in [1.54, 1.807) is 0 Å². The molecule has 5 heteroatoms. The molecule has 1 aliphatic carbocycles. The minimum Gasteiger partial charge on any atom is -0.493 e. The molecule has 0 saturated heterocycles. The molecule has 0 amide bonds. The number of hydrogen-bond donors (Lipinski definition) is 0. The van der Waals surface area contributed by atoms with Gasteiger partial charge in [0.15, 0.2) is 11.6 Å². The van der Waals surface area contributed by atoms with Crippen molar-refractivity contribution in [1.82, 2.24) is 0 Å². The molecule has 1 aliphatic rings. The molecular weight excluding hydrogens is 400 g/mol. The summed E-state index contributed by atoms with van der Waals surface area (Å²) in [5, 5.41) is 1.96. The molecule has 0 aliphatic heterocycles. The molecule has 30 heavy (non-hydrogen) atoms. The Morgan fingerprint density at radius 3 is 2.00 bits per heavy atom. The van der Waals surface area contributed by atoms with Crippen molar-refractivity contribution in [2.24, 2.45) is 10.9 Å². The zero-order valence-electron chi connectivity index (χ0n) is 16.0. The van der Waals surface area contributed by atoms with Crippen molar-refractivity contribution in [3.8, 4) is 28.7 Å². The first-order chi connectivity index (χ1) is 14.6. The second-order valence-corrected chi connectivity index (χ2v) is 7.28. The lowest BCUT2D eigenvalue weighted by molar-refractivity contribution is 0.300. The first-order valence-corrected chi connectivity index (χ1v) is 9.95. The zero-order valence-corrected chi connectivity index (χ0v) is 16.8. The zero-order chi connectivity index (χ0) is 20.9. The van der Waals surface area contributed by atoms with E-state index < -0.39 is 17.3 Å². The highest BCUT2D eigenvalue weighted by molar-refractivity contribution is 7.78. The lowest BCUT2D eigenvalue weighted by Gasteiger charge is -2.07. The van der Waals surface area contributed by atoms with Crippen molar-refractivity contribution in [3.05, 3.63) is 83.4 Å². The van der Waals surface area contributed by atoms with Crippen molar-refractivity contribution >= 4 is 23.1 Å². The molecule has 2 nitrogen and oxygen atoms in total. The van der Waals surface area contributed by atoms with E-state index in [-0.39, 0.29) is 5.56 Å². The topological polar surface area (TPSA) is 21.6 Å². The first-order valence-electron chi connectivity index (χ1n) is 9.54. The van der Waals surface area contributed by atoms with Crippen LogP contribution in [0.1, 0.15) is 24.0 Å². The Balaban J connectivity index is 1.46. The van der Waals surface area contributed by atoms with Gasteiger partial charge in [0.05, 0.1) is 11.8 Å². The monoisotopic (exact) mass is 417 g/mol. The Labute approximate surface area is 179 Å². The fourth-order valence-electron chi connectivity index (χ4n) is 2.92. The van der Waals surface area contributed by atoms with Gasteiger partial charge in [-0.05, 0) is 78.5 Å². The van der Waals surface area contributed by atoms with Crippen LogP contribution in [0, 0.1) is 29.4 Å². The quantitative estimate of drug-likeness (QED) is 0.267. The number of halogens is 2. The van der Waals surface area contributed by atoms with Gasteiger partial charge < -0.3 is 4.74 Å². The van der Waals surface area contributed by atoms with Gasteiger partial charge in [-0.1, -0.05) is 36.1 Å². The van der Waals surface area contributed by atoms with E-state index in [9.17, 15) is 8.78 Å². The molecule has 0 radical (unpaired) electrons. The molecule has 1 fully saturated rings. The van der Waals surface area contributed by atoms with Crippen LogP contribution in [0.25, 0.3) is 11.1 Å². The van der Waals surface area contributed by atoms with Gasteiger partial charge in [0, 0.05) is 11.1 Å². The molecule has 4 rings (SSSR count). The van der Waals surface area contributed by atoms with Crippen LogP contribution >= 0.6 is 12.2 Å². The van der Waals surface area contributed by atoms with Crippen LogP contribution in [0.5, 0.6) is 5.75 Å². The van der Waals surface area contributed by atoms with Gasteiger partial charge in [-0.15, -0.1) is 0 Å². The highest BCUT2D eigenvalue weighted by Gasteiger charge is 2.21. The molecule has 148 valence electrons. The van der Waals surface area contributed by atoms with Crippen molar-refractivity contribution in [2.45, 2.75) is 12.8 Å². The van der Waals surface area contributed by atoms with E-state index in [1.807, 2.05) is 53.7 Å². The first kappa shape index (κ1) is 20.0. The number of hydrogen-bond acceptors (Lipinski definition) is 3. The molecule has 0 unspecified atom stereocenters. The van der Waals surface area contributed by atoms with Crippen molar-refractivity contribution in [1.29, 1.82) is 0 Å². The van der Waals surface area contributed by atoms with E-state index in [2.05, 4.69) is 29.1 Å². The van der Waals surface area contributed by atoms with Crippen LogP contribution in [-0.4, -0.2) is 11.8 Å². The van der Waals surface area contributed by atoms with Crippen LogP contribution in [0.3, 0.4) is 0 Å². The van der Waals surface area contributed by atoms with E-state index in [4.69, 9.17) is 4.74 Å². The third-order valence-electron chi connectivity index (χ3n) is 4.78. The molecule has 0 aromatic heterocycles. The van der Waals surface area contributed by atoms with E-state index >= 15 is 0 Å². The van der Waals surface area contributed by atoms with Crippen LogP contribution < -0.4 is 4.74 Å². The lowest BCUT2D eigenvalue weighted by Crippen LogP contribution is -1.98. The SMILES string of the molecule is Fc1cc(C#Cc2ccc(-c3ccc(OCC4CC4)cc3)cc2)cc(F)c1N=C=S. The number of isothiocyanates is 1. The molecule has 3 aromatic carbocycles.